The van der Waals surface area contributed by atoms with E-state index in [1.54, 1.807) is 0 Å². The van der Waals surface area contributed by atoms with Crippen molar-refractivity contribution in [3.05, 3.63) is 24.2 Å². The fraction of sp³-hybridized carbons (Fsp3) is 0.538. The number of nitrogens with zero attached hydrogens (tertiary/aromatic N) is 4. The van der Waals surface area contributed by atoms with Crippen LogP contribution in [0, 0.1) is 0 Å². The first-order chi connectivity index (χ1) is 8.31. The van der Waals surface area contributed by atoms with Crippen LogP contribution in [-0.2, 0) is 6.42 Å². The summed E-state index contributed by atoms with van der Waals surface area (Å²) in [5, 5.41) is 0. The second kappa shape index (κ2) is 4.11. The number of pyridine rings is 1. The maximum Gasteiger partial charge on any atom is 0.161 e. The SMILES string of the molecule is CCc1nc2cccnc2n1C1CCCN1C. The van der Waals surface area contributed by atoms with Crippen molar-refractivity contribution in [1.82, 2.24) is 19.4 Å². The predicted octanol–water partition coefficient (Wildman–Crippen LogP) is 2.22. The second-order valence-electron chi connectivity index (χ2n) is 4.70. The van der Waals surface area contributed by atoms with Crippen LogP contribution in [0.3, 0.4) is 0 Å². The first-order valence-electron chi connectivity index (χ1n) is 6.33. The Hall–Kier alpha value is -1.42. The van der Waals surface area contributed by atoms with Gasteiger partial charge in [-0.15, -0.1) is 0 Å². The summed E-state index contributed by atoms with van der Waals surface area (Å²) in [6.07, 6.45) is 5.71. The summed E-state index contributed by atoms with van der Waals surface area (Å²) >= 11 is 0. The summed E-state index contributed by atoms with van der Waals surface area (Å²) in [7, 11) is 2.19. The molecule has 1 saturated heterocycles. The minimum Gasteiger partial charge on any atom is -0.296 e. The molecule has 0 radical (unpaired) electrons. The highest BCUT2D eigenvalue weighted by Gasteiger charge is 2.26. The Balaban J connectivity index is 2.18. The predicted molar refractivity (Wildman–Crippen MR) is 67.8 cm³/mol. The number of likely N-dealkylation sites (tertiary alicyclic amines) is 1. The van der Waals surface area contributed by atoms with E-state index in [4.69, 9.17) is 0 Å². The molecule has 0 amide bonds. The van der Waals surface area contributed by atoms with Crippen LogP contribution in [0.15, 0.2) is 18.3 Å². The Labute approximate surface area is 101 Å². The van der Waals surface area contributed by atoms with Crippen LogP contribution < -0.4 is 0 Å². The molecule has 4 nitrogen and oxygen atoms in total. The van der Waals surface area contributed by atoms with Gasteiger partial charge < -0.3 is 0 Å². The zero-order chi connectivity index (χ0) is 11.8. The molecule has 0 aliphatic carbocycles. The van der Waals surface area contributed by atoms with Crippen molar-refractivity contribution in [3.63, 3.8) is 0 Å². The van der Waals surface area contributed by atoms with E-state index in [2.05, 4.69) is 33.4 Å². The summed E-state index contributed by atoms with van der Waals surface area (Å²) in [6.45, 7) is 3.33. The van der Waals surface area contributed by atoms with Crippen molar-refractivity contribution in [2.45, 2.75) is 32.4 Å². The number of rotatable bonds is 2. The van der Waals surface area contributed by atoms with E-state index in [1.165, 1.54) is 19.4 Å². The second-order valence-corrected chi connectivity index (χ2v) is 4.70. The zero-order valence-electron chi connectivity index (χ0n) is 10.4. The molecule has 1 aliphatic rings. The summed E-state index contributed by atoms with van der Waals surface area (Å²) in [6, 6.07) is 4.00. The maximum absolute atomic E-state index is 4.68. The number of aryl methyl sites for hydroxylation is 1. The molecule has 0 bridgehead atoms. The Morgan fingerprint density at radius 1 is 1.47 bits per heavy atom. The van der Waals surface area contributed by atoms with E-state index in [-0.39, 0.29) is 0 Å². The van der Waals surface area contributed by atoms with Gasteiger partial charge in [0.05, 0.1) is 6.17 Å². The van der Waals surface area contributed by atoms with E-state index < -0.39 is 0 Å². The number of hydrogen-bond acceptors (Lipinski definition) is 3. The zero-order valence-corrected chi connectivity index (χ0v) is 10.4. The highest BCUT2D eigenvalue weighted by atomic mass is 15.3. The van der Waals surface area contributed by atoms with Crippen LogP contribution in [0.1, 0.15) is 31.8 Å². The van der Waals surface area contributed by atoms with Crippen molar-refractivity contribution in [2.24, 2.45) is 0 Å². The molecule has 1 fully saturated rings. The van der Waals surface area contributed by atoms with Gasteiger partial charge in [-0.1, -0.05) is 6.92 Å². The van der Waals surface area contributed by atoms with Gasteiger partial charge in [0.1, 0.15) is 11.3 Å². The largest absolute Gasteiger partial charge is 0.296 e. The molecule has 0 saturated carbocycles. The van der Waals surface area contributed by atoms with Crippen LogP contribution in [0.5, 0.6) is 0 Å². The number of imidazole rings is 1. The summed E-state index contributed by atoms with van der Waals surface area (Å²) < 4.78 is 2.32. The molecule has 0 aromatic carbocycles. The molecule has 3 rings (SSSR count). The normalized spacial score (nSPS) is 21.4. The Morgan fingerprint density at radius 2 is 2.35 bits per heavy atom. The van der Waals surface area contributed by atoms with Gasteiger partial charge in [0.2, 0.25) is 0 Å². The molecule has 90 valence electrons. The van der Waals surface area contributed by atoms with Crippen molar-refractivity contribution >= 4 is 11.2 Å². The fourth-order valence-corrected chi connectivity index (χ4v) is 2.76. The highest BCUT2D eigenvalue weighted by Crippen LogP contribution is 2.29. The van der Waals surface area contributed by atoms with Crippen molar-refractivity contribution < 1.29 is 0 Å². The van der Waals surface area contributed by atoms with Crippen molar-refractivity contribution in [3.8, 4) is 0 Å². The average molecular weight is 230 g/mol. The number of fused-ring (bicyclic) bond motifs is 1. The molecule has 0 spiro atoms. The van der Waals surface area contributed by atoms with Gasteiger partial charge in [-0.25, -0.2) is 9.97 Å². The Bertz CT molecular complexity index is 531. The Morgan fingerprint density at radius 3 is 3.06 bits per heavy atom. The molecule has 1 unspecified atom stereocenters. The molecule has 4 heteroatoms. The van der Waals surface area contributed by atoms with Crippen LogP contribution in [-0.4, -0.2) is 33.0 Å². The number of hydrogen-bond donors (Lipinski definition) is 0. The van der Waals surface area contributed by atoms with Crippen molar-refractivity contribution in [1.29, 1.82) is 0 Å². The van der Waals surface area contributed by atoms with Gasteiger partial charge in [0.15, 0.2) is 5.65 Å². The van der Waals surface area contributed by atoms with Gasteiger partial charge in [0.25, 0.3) is 0 Å². The lowest BCUT2D eigenvalue weighted by atomic mass is 10.3. The quantitative estimate of drug-likeness (QED) is 0.793. The summed E-state index contributed by atoms with van der Waals surface area (Å²) in [5.74, 6) is 1.15. The molecule has 3 heterocycles. The first-order valence-corrected chi connectivity index (χ1v) is 6.33. The first kappa shape index (κ1) is 10.7. The molecule has 0 N–H and O–H groups in total. The van der Waals surface area contributed by atoms with E-state index in [9.17, 15) is 0 Å². The molecular weight excluding hydrogens is 212 g/mol. The maximum atomic E-state index is 4.68. The lowest BCUT2D eigenvalue weighted by molar-refractivity contribution is 0.238. The summed E-state index contributed by atoms with van der Waals surface area (Å²) in [5.41, 5.74) is 2.05. The molecule has 1 aliphatic heterocycles. The van der Waals surface area contributed by atoms with E-state index in [1.807, 2.05) is 18.3 Å². The monoisotopic (exact) mass is 230 g/mol. The van der Waals surface area contributed by atoms with Crippen LogP contribution in [0.25, 0.3) is 11.2 Å². The van der Waals surface area contributed by atoms with E-state index >= 15 is 0 Å². The molecular formula is C13H18N4. The summed E-state index contributed by atoms with van der Waals surface area (Å²) in [4.78, 5) is 11.6. The van der Waals surface area contributed by atoms with Crippen LogP contribution in [0.4, 0.5) is 0 Å². The fourth-order valence-electron chi connectivity index (χ4n) is 2.76. The topological polar surface area (TPSA) is 34.0 Å². The van der Waals surface area contributed by atoms with Gasteiger partial charge in [-0.3, -0.25) is 9.47 Å². The third-order valence-electron chi connectivity index (χ3n) is 3.62. The van der Waals surface area contributed by atoms with Crippen LogP contribution >= 0.6 is 0 Å². The van der Waals surface area contributed by atoms with Crippen molar-refractivity contribution in [2.75, 3.05) is 13.6 Å². The third-order valence-corrected chi connectivity index (χ3v) is 3.62. The highest BCUT2D eigenvalue weighted by molar-refractivity contribution is 5.71. The van der Waals surface area contributed by atoms with Gasteiger partial charge in [0, 0.05) is 12.6 Å². The minimum absolute atomic E-state index is 0.435. The molecule has 2 aromatic heterocycles. The van der Waals surface area contributed by atoms with Gasteiger partial charge >= 0.3 is 0 Å². The van der Waals surface area contributed by atoms with Gasteiger partial charge in [-0.05, 0) is 38.6 Å². The van der Waals surface area contributed by atoms with E-state index in [0.717, 1.165) is 23.4 Å². The smallest absolute Gasteiger partial charge is 0.161 e. The van der Waals surface area contributed by atoms with Gasteiger partial charge in [-0.2, -0.15) is 0 Å². The lowest BCUT2D eigenvalue weighted by Crippen LogP contribution is -2.24. The van der Waals surface area contributed by atoms with E-state index in [0.29, 0.717) is 6.17 Å². The Kier molecular flexibility index (Phi) is 2.59. The third kappa shape index (κ3) is 1.63. The standard InChI is InChI=1S/C13H18N4/c1-3-11-15-10-6-4-8-14-13(10)17(11)12-7-5-9-16(12)2/h4,6,8,12H,3,5,7,9H2,1-2H3. The number of aromatic nitrogens is 3. The minimum atomic E-state index is 0.435. The van der Waals surface area contributed by atoms with Crippen LogP contribution in [0.2, 0.25) is 0 Å². The molecule has 2 aromatic rings. The average Bonchev–Trinajstić information content (AvgIpc) is 2.91. The molecule has 17 heavy (non-hydrogen) atoms. The lowest BCUT2D eigenvalue weighted by Gasteiger charge is -2.23. The molecule has 1 atom stereocenters.